The highest BCUT2D eigenvalue weighted by Crippen LogP contribution is 2.31. The molecule has 3 saturated heterocycles. The molecule has 3 aliphatic heterocycles. The van der Waals surface area contributed by atoms with Gasteiger partial charge in [-0.2, -0.15) is 0 Å². The van der Waals surface area contributed by atoms with Gasteiger partial charge in [0.05, 0.1) is 0 Å². The lowest BCUT2D eigenvalue weighted by Crippen LogP contribution is -2.55. The Balaban J connectivity index is 0.00000169. The molecule has 0 saturated carbocycles. The zero-order valence-electron chi connectivity index (χ0n) is 22.3. The van der Waals surface area contributed by atoms with Crippen LogP contribution in [0.15, 0.2) is 60.7 Å². The molecule has 3 atom stereocenters. The van der Waals surface area contributed by atoms with E-state index >= 15 is 0 Å². The van der Waals surface area contributed by atoms with Crippen LogP contribution in [0.25, 0.3) is 0 Å². The number of rotatable bonds is 9. The van der Waals surface area contributed by atoms with Crippen LogP contribution in [0.3, 0.4) is 0 Å². The number of piperidine rings is 3. The average Bonchev–Trinajstić information content (AvgIpc) is 2.88. The number of likely N-dealkylation sites (tertiary alicyclic amines) is 2. The molecule has 5 nitrogen and oxygen atoms in total. The second kappa shape index (κ2) is 16.7. The Bertz CT molecular complexity index is 928. The van der Waals surface area contributed by atoms with Gasteiger partial charge in [0.1, 0.15) is 0 Å². The molecule has 212 valence electrons. The van der Waals surface area contributed by atoms with Crippen LogP contribution in [0.5, 0.6) is 0 Å². The molecular weight excluding hydrogens is 539 g/mol. The van der Waals surface area contributed by atoms with E-state index in [0.29, 0.717) is 24.4 Å². The van der Waals surface area contributed by atoms with Gasteiger partial charge in [0.2, 0.25) is 5.91 Å². The van der Waals surface area contributed by atoms with E-state index in [4.69, 9.17) is 0 Å². The fourth-order valence-corrected chi connectivity index (χ4v) is 6.44. The first-order valence-electron chi connectivity index (χ1n) is 13.8. The van der Waals surface area contributed by atoms with E-state index in [1.54, 1.807) is 0 Å². The van der Waals surface area contributed by atoms with E-state index < -0.39 is 0 Å². The minimum Gasteiger partial charge on any atom is -0.353 e. The normalized spacial score (nSPS) is 23.8. The molecule has 3 fully saturated rings. The van der Waals surface area contributed by atoms with E-state index in [2.05, 4.69) is 81.1 Å². The maximum atomic E-state index is 12.6. The van der Waals surface area contributed by atoms with Crippen LogP contribution < -0.4 is 10.6 Å². The molecule has 0 aliphatic carbocycles. The summed E-state index contributed by atoms with van der Waals surface area (Å²) in [5, 5.41) is 7.15. The fraction of sp³-hybridized carbons (Fsp3) is 0.567. The number of carbonyl (C=O) groups excluding carboxylic acids is 1. The van der Waals surface area contributed by atoms with E-state index in [0.717, 1.165) is 64.3 Å². The fourth-order valence-electron chi connectivity index (χ4n) is 6.44. The smallest absolute Gasteiger partial charge is 0.220 e. The van der Waals surface area contributed by atoms with E-state index in [9.17, 15) is 4.79 Å². The lowest BCUT2D eigenvalue weighted by Gasteiger charge is -2.46. The monoisotopic (exact) mass is 582 g/mol. The number of fused-ring (bicyclic) bond motifs is 2. The predicted octanol–water partition coefficient (Wildman–Crippen LogP) is 5.31. The third-order valence-corrected chi connectivity index (χ3v) is 8.25. The molecule has 3 aliphatic rings. The number of hydrogen-bond acceptors (Lipinski definition) is 4. The summed E-state index contributed by atoms with van der Waals surface area (Å²) in [4.78, 5) is 17.8. The molecule has 2 N–H and O–H groups in total. The van der Waals surface area contributed by atoms with Gasteiger partial charge in [-0.25, -0.2) is 0 Å². The number of halogens is 3. The number of carbonyl (C=O) groups is 1. The molecule has 5 rings (SSSR count). The zero-order chi connectivity index (χ0) is 23.9. The molecule has 2 aromatic rings. The summed E-state index contributed by atoms with van der Waals surface area (Å²) in [6.45, 7) is 7.71. The van der Waals surface area contributed by atoms with Gasteiger partial charge in [0, 0.05) is 57.8 Å². The summed E-state index contributed by atoms with van der Waals surface area (Å²) in [6, 6.07) is 22.4. The van der Waals surface area contributed by atoms with Crippen LogP contribution in [0.1, 0.15) is 49.7 Å². The van der Waals surface area contributed by atoms with Gasteiger partial charge in [0.15, 0.2) is 0 Å². The van der Waals surface area contributed by atoms with Gasteiger partial charge < -0.3 is 10.6 Å². The third kappa shape index (κ3) is 9.69. The molecule has 0 spiro atoms. The minimum atomic E-state index is 0. The Morgan fingerprint density at radius 3 is 2.08 bits per heavy atom. The van der Waals surface area contributed by atoms with Crippen LogP contribution in [-0.2, 0) is 17.9 Å². The SMILES string of the molecule is Cl.Cl.Cl.O=C(CCC[C@H]1NCC2CC1CN(Cc1ccccc1)C2)NC1CCN(Cc2ccccc2)CC1. The molecule has 2 unspecified atom stereocenters. The number of hydrogen-bond donors (Lipinski definition) is 2. The first-order valence-corrected chi connectivity index (χ1v) is 13.8. The average molecular weight is 584 g/mol. The first kappa shape index (κ1) is 32.9. The summed E-state index contributed by atoms with van der Waals surface area (Å²) < 4.78 is 0. The third-order valence-electron chi connectivity index (χ3n) is 8.25. The molecular formula is C30H45Cl3N4O. The van der Waals surface area contributed by atoms with Gasteiger partial charge >= 0.3 is 0 Å². The van der Waals surface area contributed by atoms with Crippen molar-refractivity contribution >= 4 is 43.1 Å². The van der Waals surface area contributed by atoms with Gasteiger partial charge in [-0.3, -0.25) is 14.6 Å². The standard InChI is InChI=1S/C30H42N4O.3ClH/c35-30(32-28-14-16-33(17-15-28)20-24-8-3-1-4-9-24)13-7-12-29-27-18-26(19-31-29)22-34(23-27)21-25-10-5-2-6-11-25;;;/h1-6,8-11,26-29,31H,7,12-23H2,(H,32,35);3*1H/t26?,27?,29-;;;/m1.../s1. The van der Waals surface area contributed by atoms with Gasteiger partial charge in [-0.15, -0.1) is 37.2 Å². The van der Waals surface area contributed by atoms with E-state index in [1.165, 1.54) is 30.6 Å². The lowest BCUT2D eigenvalue weighted by molar-refractivity contribution is -0.122. The van der Waals surface area contributed by atoms with Crippen molar-refractivity contribution in [3.05, 3.63) is 71.8 Å². The molecule has 38 heavy (non-hydrogen) atoms. The van der Waals surface area contributed by atoms with Crippen LogP contribution in [0.2, 0.25) is 0 Å². The summed E-state index contributed by atoms with van der Waals surface area (Å²) in [5.41, 5.74) is 2.79. The van der Waals surface area contributed by atoms with Crippen molar-refractivity contribution in [2.75, 3.05) is 32.7 Å². The Morgan fingerprint density at radius 2 is 1.45 bits per heavy atom. The largest absolute Gasteiger partial charge is 0.353 e. The lowest BCUT2D eigenvalue weighted by atomic mass is 9.79. The maximum absolute atomic E-state index is 12.6. The van der Waals surface area contributed by atoms with Gasteiger partial charge in [-0.05, 0) is 61.6 Å². The molecule has 2 bridgehead atoms. The highest BCUT2D eigenvalue weighted by Gasteiger charge is 2.36. The summed E-state index contributed by atoms with van der Waals surface area (Å²) in [5.74, 6) is 1.72. The topological polar surface area (TPSA) is 47.6 Å². The van der Waals surface area contributed by atoms with Crippen molar-refractivity contribution in [3.63, 3.8) is 0 Å². The number of nitrogens with zero attached hydrogens (tertiary/aromatic N) is 2. The zero-order valence-corrected chi connectivity index (χ0v) is 24.8. The Labute approximate surface area is 247 Å². The molecule has 1 amide bonds. The van der Waals surface area contributed by atoms with Gasteiger partial charge in [-0.1, -0.05) is 60.7 Å². The van der Waals surface area contributed by atoms with Crippen molar-refractivity contribution in [2.24, 2.45) is 11.8 Å². The Kier molecular flexibility index (Phi) is 14.4. The number of amides is 1. The van der Waals surface area contributed by atoms with Gasteiger partial charge in [0.25, 0.3) is 0 Å². The summed E-state index contributed by atoms with van der Waals surface area (Å²) in [6.07, 6.45) is 6.21. The minimum absolute atomic E-state index is 0. The van der Waals surface area contributed by atoms with Crippen molar-refractivity contribution in [3.8, 4) is 0 Å². The molecule has 3 heterocycles. The van der Waals surface area contributed by atoms with Crippen LogP contribution >= 0.6 is 37.2 Å². The highest BCUT2D eigenvalue weighted by molar-refractivity contribution is 5.86. The predicted molar refractivity (Wildman–Crippen MR) is 164 cm³/mol. The van der Waals surface area contributed by atoms with Crippen molar-refractivity contribution in [1.82, 2.24) is 20.4 Å². The Hall–Kier alpha value is -1.34. The molecule has 0 radical (unpaired) electrons. The maximum Gasteiger partial charge on any atom is 0.220 e. The Morgan fingerprint density at radius 1 is 0.842 bits per heavy atom. The quantitative estimate of drug-likeness (QED) is 0.420. The molecule has 8 heteroatoms. The molecule has 0 aromatic heterocycles. The molecule has 2 aromatic carbocycles. The van der Waals surface area contributed by atoms with E-state index in [1.807, 2.05) is 0 Å². The second-order valence-corrected chi connectivity index (χ2v) is 11.1. The van der Waals surface area contributed by atoms with Crippen molar-refractivity contribution in [2.45, 2.75) is 63.7 Å². The van der Waals surface area contributed by atoms with Crippen LogP contribution in [0, 0.1) is 11.8 Å². The van der Waals surface area contributed by atoms with Crippen LogP contribution in [0.4, 0.5) is 0 Å². The summed E-state index contributed by atoms with van der Waals surface area (Å²) in [7, 11) is 0. The second-order valence-electron chi connectivity index (χ2n) is 11.1. The van der Waals surface area contributed by atoms with Crippen molar-refractivity contribution < 1.29 is 4.79 Å². The summed E-state index contributed by atoms with van der Waals surface area (Å²) >= 11 is 0. The van der Waals surface area contributed by atoms with Crippen molar-refractivity contribution in [1.29, 1.82) is 0 Å². The number of benzene rings is 2. The van der Waals surface area contributed by atoms with E-state index in [-0.39, 0.29) is 43.1 Å². The first-order chi connectivity index (χ1) is 17.2. The van der Waals surface area contributed by atoms with Crippen LogP contribution in [-0.4, -0.2) is 60.5 Å². The highest BCUT2D eigenvalue weighted by atomic mass is 35.5. The number of nitrogens with one attached hydrogen (secondary N) is 2.